The molecule has 72 valence electrons. The van der Waals surface area contributed by atoms with E-state index in [0.717, 1.165) is 12.1 Å². The number of carbonyl (C=O) groups is 1. The predicted octanol–water partition coefficient (Wildman–Crippen LogP) is 1.70. The Morgan fingerprint density at radius 2 is 2.54 bits per heavy atom. The van der Waals surface area contributed by atoms with Crippen molar-refractivity contribution in [1.82, 2.24) is 10.2 Å². The molecule has 1 amide bonds. The Labute approximate surface area is 85.2 Å². The van der Waals surface area contributed by atoms with Crippen LogP contribution in [0, 0.1) is 0 Å². The van der Waals surface area contributed by atoms with Crippen molar-refractivity contribution in [1.29, 1.82) is 0 Å². The van der Waals surface area contributed by atoms with Gasteiger partial charge in [0.1, 0.15) is 0 Å². The standard InChI is InChI=1S/C8H12BrN3O/c1-2-6-5-7(12-11-6)10-8(13)3-4-9/h5H,2-4H2,1H3,(H2,10,11,12,13). The van der Waals surface area contributed by atoms with Gasteiger partial charge in [0.25, 0.3) is 0 Å². The quantitative estimate of drug-likeness (QED) is 0.794. The van der Waals surface area contributed by atoms with Gasteiger partial charge in [-0.3, -0.25) is 9.89 Å². The van der Waals surface area contributed by atoms with Crippen LogP contribution in [0.2, 0.25) is 0 Å². The minimum atomic E-state index is -0.0222. The van der Waals surface area contributed by atoms with Gasteiger partial charge in [-0.1, -0.05) is 22.9 Å². The molecule has 0 aliphatic carbocycles. The number of amides is 1. The molecule has 1 rings (SSSR count). The maximum atomic E-state index is 11.1. The zero-order chi connectivity index (χ0) is 9.68. The van der Waals surface area contributed by atoms with E-state index in [1.807, 2.05) is 13.0 Å². The van der Waals surface area contributed by atoms with E-state index < -0.39 is 0 Å². The molecular formula is C8H12BrN3O. The first kappa shape index (κ1) is 10.2. The Hall–Kier alpha value is -0.840. The summed E-state index contributed by atoms with van der Waals surface area (Å²) in [6.07, 6.45) is 1.36. The molecule has 2 N–H and O–H groups in total. The molecule has 0 saturated carbocycles. The number of hydrogen-bond donors (Lipinski definition) is 2. The number of anilines is 1. The molecule has 1 heterocycles. The molecule has 0 unspecified atom stereocenters. The van der Waals surface area contributed by atoms with E-state index in [0.29, 0.717) is 17.6 Å². The van der Waals surface area contributed by atoms with E-state index in [2.05, 4.69) is 31.4 Å². The van der Waals surface area contributed by atoms with Crippen molar-refractivity contribution in [3.05, 3.63) is 11.8 Å². The lowest BCUT2D eigenvalue weighted by Crippen LogP contribution is -2.11. The summed E-state index contributed by atoms with van der Waals surface area (Å²) in [6, 6.07) is 1.84. The Kier molecular flexibility index (Phi) is 3.95. The minimum absolute atomic E-state index is 0.0222. The number of rotatable bonds is 4. The highest BCUT2D eigenvalue weighted by molar-refractivity contribution is 9.09. The highest BCUT2D eigenvalue weighted by Gasteiger charge is 2.03. The average Bonchev–Trinajstić information content (AvgIpc) is 2.52. The second-order valence-corrected chi connectivity index (χ2v) is 3.41. The summed E-state index contributed by atoms with van der Waals surface area (Å²) in [5, 5.41) is 10.1. The number of aromatic nitrogens is 2. The summed E-state index contributed by atoms with van der Waals surface area (Å²) in [5.41, 5.74) is 1.02. The molecule has 0 fully saturated rings. The number of halogens is 1. The average molecular weight is 246 g/mol. The van der Waals surface area contributed by atoms with Crippen molar-refractivity contribution >= 4 is 27.7 Å². The summed E-state index contributed by atoms with van der Waals surface area (Å²) >= 11 is 3.19. The van der Waals surface area contributed by atoms with Gasteiger partial charge >= 0.3 is 0 Å². The van der Waals surface area contributed by atoms with Crippen LogP contribution >= 0.6 is 15.9 Å². The number of carbonyl (C=O) groups excluding carboxylic acids is 1. The first-order valence-corrected chi connectivity index (χ1v) is 5.28. The monoisotopic (exact) mass is 245 g/mol. The van der Waals surface area contributed by atoms with Gasteiger partial charge in [0, 0.05) is 23.5 Å². The van der Waals surface area contributed by atoms with E-state index in [9.17, 15) is 4.79 Å². The van der Waals surface area contributed by atoms with Gasteiger partial charge in [-0.25, -0.2) is 0 Å². The molecule has 0 spiro atoms. The molecule has 0 aliphatic heterocycles. The predicted molar refractivity (Wildman–Crippen MR) is 55.0 cm³/mol. The van der Waals surface area contributed by atoms with E-state index in [-0.39, 0.29) is 5.91 Å². The van der Waals surface area contributed by atoms with Gasteiger partial charge in [-0.15, -0.1) is 0 Å². The molecule has 0 saturated heterocycles. The lowest BCUT2D eigenvalue weighted by atomic mass is 10.3. The number of hydrogen-bond acceptors (Lipinski definition) is 2. The highest BCUT2D eigenvalue weighted by atomic mass is 79.9. The number of alkyl halides is 1. The minimum Gasteiger partial charge on any atom is -0.309 e. The fourth-order valence-electron chi connectivity index (χ4n) is 0.898. The van der Waals surface area contributed by atoms with Crippen molar-refractivity contribution in [2.75, 3.05) is 10.6 Å². The van der Waals surface area contributed by atoms with Crippen LogP contribution in [0.4, 0.5) is 5.82 Å². The van der Waals surface area contributed by atoms with Crippen LogP contribution in [-0.4, -0.2) is 21.4 Å². The van der Waals surface area contributed by atoms with E-state index >= 15 is 0 Å². The largest absolute Gasteiger partial charge is 0.309 e. The van der Waals surface area contributed by atoms with Crippen LogP contribution in [0.5, 0.6) is 0 Å². The zero-order valence-electron chi connectivity index (χ0n) is 7.43. The Balaban J connectivity index is 2.49. The van der Waals surface area contributed by atoms with Crippen molar-refractivity contribution in [3.63, 3.8) is 0 Å². The van der Waals surface area contributed by atoms with E-state index in [1.165, 1.54) is 0 Å². The smallest absolute Gasteiger partial charge is 0.226 e. The Morgan fingerprint density at radius 1 is 1.77 bits per heavy atom. The topological polar surface area (TPSA) is 57.8 Å². The molecule has 0 atom stereocenters. The lowest BCUT2D eigenvalue weighted by Gasteiger charge is -1.97. The summed E-state index contributed by atoms with van der Waals surface area (Å²) in [5.74, 6) is 0.578. The third-order valence-corrected chi connectivity index (χ3v) is 2.00. The summed E-state index contributed by atoms with van der Waals surface area (Å²) in [6.45, 7) is 2.03. The molecule has 13 heavy (non-hydrogen) atoms. The summed E-state index contributed by atoms with van der Waals surface area (Å²) < 4.78 is 0. The highest BCUT2D eigenvalue weighted by Crippen LogP contribution is 2.06. The van der Waals surface area contributed by atoms with Crippen LogP contribution in [-0.2, 0) is 11.2 Å². The van der Waals surface area contributed by atoms with Crippen molar-refractivity contribution in [3.8, 4) is 0 Å². The normalized spacial score (nSPS) is 10.0. The first-order chi connectivity index (χ1) is 6.26. The maximum Gasteiger partial charge on any atom is 0.226 e. The second kappa shape index (κ2) is 5.01. The number of aromatic amines is 1. The third-order valence-electron chi connectivity index (χ3n) is 1.60. The van der Waals surface area contributed by atoms with Crippen LogP contribution in [0.25, 0.3) is 0 Å². The van der Waals surface area contributed by atoms with Crippen molar-refractivity contribution in [2.24, 2.45) is 0 Å². The molecule has 5 heteroatoms. The van der Waals surface area contributed by atoms with Crippen LogP contribution < -0.4 is 5.32 Å². The molecule has 1 aromatic heterocycles. The second-order valence-electron chi connectivity index (χ2n) is 2.62. The van der Waals surface area contributed by atoms with Crippen molar-refractivity contribution in [2.45, 2.75) is 19.8 Å². The van der Waals surface area contributed by atoms with Crippen LogP contribution in [0.15, 0.2) is 6.07 Å². The first-order valence-electron chi connectivity index (χ1n) is 4.16. The van der Waals surface area contributed by atoms with Gasteiger partial charge in [0.15, 0.2) is 5.82 Å². The fourth-order valence-corrected chi connectivity index (χ4v) is 1.26. The maximum absolute atomic E-state index is 11.1. The molecule has 0 radical (unpaired) electrons. The Bertz CT molecular complexity index is 285. The van der Waals surface area contributed by atoms with Gasteiger partial charge in [0.05, 0.1) is 0 Å². The molecule has 0 aromatic carbocycles. The van der Waals surface area contributed by atoms with E-state index in [1.54, 1.807) is 0 Å². The number of aryl methyl sites for hydroxylation is 1. The molecule has 0 bridgehead atoms. The van der Waals surface area contributed by atoms with Gasteiger partial charge in [0.2, 0.25) is 5.91 Å². The van der Waals surface area contributed by atoms with Gasteiger partial charge in [-0.05, 0) is 6.42 Å². The van der Waals surface area contributed by atoms with E-state index in [4.69, 9.17) is 0 Å². The van der Waals surface area contributed by atoms with Crippen molar-refractivity contribution < 1.29 is 4.79 Å². The fraction of sp³-hybridized carbons (Fsp3) is 0.500. The lowest BCUT2D eigenvalue weighted by molar-refractivity contribution is -0.115. The van der Waals surface area contributed by atoms with Crippen LogP contribution in [0.3, 0.4) is 0 Å². The third kappa shape index (κ3) is 3.18. The Morgan fingerprint density at radius 3 is 3.08 bits per heavy atom. The van der Waals surface area contributed by atoms with Gasteiger partial charge in [-0.2, -0.15) is 5.10 Å². The number of nitrogens with one attached hydrogen (secondary N) is 2. The molecule has 1 aromatic rings. The van der Waals surface area contributed by atoms with Gasteiger partial charge < -0.3 is 5.32 Å². The molecule has 4 nitrogen and oxygen atoms in total. The summed E-state index contributed by atoms with van der Waals surface area (Å²) in [4.78, 5) is 11.1. The molecule has 0 aliphatic rings. The van der Waals surface area contributed by atoms with Crippen LogP contribution in [0.1, 0.15) is 19.0 Å². The zero-order valence-corrected chi connectivity index (χ0v) is 9.02. The molecular weight excluding hydrogens is 234 g/mol. The SMILES string of the molecule is CCc1cc(NC(=O)CCBr)n[nH]1. The summed E-state index contributed by atoms with van der Waals surface area (Å²) in [7, 11) is 0. The number of H-pyrrole nitrogens is 1. The number of nitrogens with zero attached hydrogens (tertiary/aromatic N) is 1.